The molecule has 0 spiro atoms. The normalized spacial score (nSPS) is 12.7. The number of nitrogen functional groups attached to an aromatic ring is 1. The van der Waals surface area contributed by atoms with Crippen molar-refractivity contribution in [2.45, 2.75) is 26.0 Å². The number of nitrogens with two attached hydrogens (primary N) is 1. The zero-order valence-corrected chi connectivity index (χ0v) is 12.5. The largest absolute Gasteiger partial charge is 0.396 e. The minimum atomic E-state index is -0.587. The number of hydrogen-bond donors (Lipinski definition) is 2. The number of hydrogen-bond acceptors (Lipinski definition) is 5. The van der Waals surface area contributed by atoms with Gasteiger partial charge in [0, 0.05) is 26.8 Å². The third kappa shape index (κ3) is 5.58. The Labute approximate surface area is 120 Å². The third-order valence-corrected chi connectivity index (χ3v) is 2.92. The van der Waals surface area contributed by atoms with Gasteiger partial charge in [0.1, 0.15) is 0 Å². The molecule has 1 amide bonds. The summed E-state index contributed by atoms with van der Waals surface area (Å²) in [5.41, 5.74) is 6.15. The molecule has 0 aliphatic heterocycles. The molecule has 1 aromatic rings. The molecule has 0 bridgehead atoms. The summed E-state index contributed by atoms with van der Waals surface area (Å²) in [5, 5.41) is 14.1. The molecule has 1 heterocycles. The van der Waals surface area contributed by atoms with Crippen molar-refractivity contribution in [3.05, 3.63) is 12.4 Å². The molecule has 1 rings (SSSR count). The number of aliphatic hydroxyl groups is 1. The lowest BCUT2D eigenvalue weighted by Gasteiger charge is -2.25. The molecule has 0 aliphatic carbocycles. The summed E-state index contributed by atoms with van der Waals surface area (Å²) in [4.78, 5) is 15.3. The molecule has 0 aromatic carbocycles. The van der Waals surface area contributed by atoms with E-state index in [2.05, 4.69) is 5.10 Å². The van der Waals surface area contributed by atoms with Gasteiger partial charge in [-0.25, -0.2) is 0 Å². The molecule has 0 saturated carbocycles. The average molecular weight is 283 g/mol. The number of anilines is 1. The van der Waals surface area contributed by atoms with Gasteiger partial charge in [-0.15, -0.1) is 0 Å². The predicted molar refractivity (Wildman–Crippen MR) is 78.1 cm³/mol. The van der Waals surface area contributed by atoms with E-state index < -0.39 is 6.10 Å². The molecular formula is C13H25N5O2. The van der Waals surface area contributed by atoms with Gasteiger partial charge in [-0.3, -0.25) is 14.4 Å². The number of carbonyl (C=O) groups is 1. The van der Waals surface area contributed by atoms with Gasteiger partial charge in [0.25, 0.3) is 0 Å². The SMILES string of the molecule is CCCN(CC(=O)N(C)C)CC(O)Cn1cc(N)cn1. The van der Waals surface area contributed by atoms with E-state index >= 15 is 0 Å². The van der Waals surface area contributed by atoms with Gasteiger partial charge < -0.3 is 15.7 Å². The Morgan fingerprint density at radius 2 is 2.25 bits per heavy atom. The van der Waals surface area contributed by atoms with Crippen molar-refractivity contribution in [2.75, 3.05) is 39.5 Å². The van der Waals surface area contributed by atoms with E-state index in [-0.39, 0.29) is 5.91 Å². The predicted octanol–water partition coefficient (Wildman–Crippen LogP) is -0.374. The van der Waals surface area contributed by atoms with Gasteiger partial charge in [-0.1, -0.05) is 6.92 Å². The first-order chi connectivity index (χ1) is 9.42. The lowest BCUT2D eigenvalue weighted by atomic mass is 10.3. The Balaban J connectivity index is 2.49. The smallest absolute Gasteiger partial charge is 0.236 e. The number of nitrogens with zero attached hydrogens (tertiary/aromatic N) is 4. The van der Waals surface area contributed by atoms with Crippen LogP contribution >= 0.6 is 0 Å². The highest BCUT2D eigenvalue weighted by Crippen LogP contribution is 2.02. The number of aliphatic hydroxyl groups excluding tert-OH is 1. The Bertz CT molecular complexity index is 419. The Kier molecular flexibility index (Phi) is 6.47. The molecule has 7 nitrogen and oxygen atoms in total. The van der Waals surface area contributed by atoms with Gasteiger partial charge in [0.05, 0.1) is 31.1 Å². The lowest BCUT2D eigenvalue weighted by molar-refractivity contribution is -0.130. The maximum Gasteiger partial charge on any atom is 0.236 e. The van der Waals surface area contributed by atoms with Crippen molar-refractivity contribution >= 4 is 11.6 Å². The highest BCUT2D eigenvalue weighted by Gasteiger charge is 2.16. The van der Waals surface area contributed by atoms with Crippen molar-refractivity contribution in [3.8, 4) is 0 Å². The molecule has 0 radical (unpaired) electrons. The van der Waals surface area contributed by atoms with Crippen molar-refractivity contribution in [1.82, 2.24) is 19.6 Å². The van der Waals surface area contributed by atoms with E-state index in [0.29, 0.717) is 25.3 Å². The second-order valence-electron chi connectivity index (χ2n) is 5.17. The summed E-state index contributed by atoms with van der Waals surface area (Å²) in [7, 11) is 3.46. The van der Waals surface area contributed by atoms with Crippen LogP contribution in [0, 0.1) is 0 Å². The molecular weight excluding hydrogens is 258 g/mol. The fraction of sp³-hybridized carbons (Fsp3) is 0.692. The molecule has 0 saturated heterocycles. The fourth-order valence-corrected chi connectivity index (χ4v) is 1.93. The first kappa shape index (κ1) is 16.5. The topological polar surface area (TPSA) is 87.6 Å². The minimum absolute atomic E-state index is 0.0361. The molecule has 0 fully saturated rings. The van der Waals surface area contributed by atoms with Crippen LogP contribution in [0.1, 0.15) is 13.3 Å². The summed E-state index contributed by atoms with van der Waals surface area (Å²) in [6.45, 7) is 3.95. The number of aromatic nitrogens is 2. The van der Waals surface area contributed by atoms with Crippen molar-refractivity contribution in [3.63, 3.8) is 0 Å². The molecule has 20 heavy (non-hydrogen) atoms. The number of carbonyl (C=O) groups excluding carboxylic acids is 1. The summed E-state index contributed by atoms with van der Waals surface area (Å²) in [5.74, 6) is 0.0361. The maximum atomic E-state index is 11.7. The lowest BCUT2D eigenvalue weighted by Crippen LogP contribution is -2.41. The van der Waals surface area contributed by atoms with E-state index in [1.807, 2.05) is 11.8 Å². The second-order valence-corrected chi connectivity index (χ2v) is 5.17. The van der Waals surface area contributed by atoms with Crippen LogP contribution in [0.4, 0.5) is 5.69 Å². The number of amides is 1. The zero-order chi connectivity index (χ0) is 15.1. The second kappa shape index (κ2) is 7.86. The number of rotatable bonds is 8. The molecule has 1 aromatic heterocycles. The van der Waals surface area contributed by atoms with E-state index in [1.54, 1.807) is 36.1 Å². The van der Waals surface area contributed by atoms with E-state index in [9.17, 15) is 9.90 Å². The summed E-state index contributed by atoms with van der Waals surface area (Å²) in [6.07, 6.45) is 3.57. The zero-order valence-electron chi connectivity index (χ0n) is 12.5. The van der Waals surface area contributed by atoms with Crippen LogP contribution in [0.5, 0.6) is 0 Å². The van der Waals surface area contributed by atoms with Crippen LogP contribution in [-0.2, 0) is 11.3 Å². The third-order valence-electron chi connectivity index (χ3n) is 2.92. The van der Waals surface area contributed by atoms with Gasteiger partial charge >= 0.3 is 0 Å². The first-order valence-corrected chi connectivity index (χ1v) is 6.80. The average Bonchev–Trinajstić information content (AvgIpc) is 2.74. The van der Waals surface area contributed by atoms with Gasteiger partial charge in [-0.2, -0.15) is 5.10 Å². The van der Waals surface area contributed by atoms with Crippen molar-refractivity contribution < 1.29 is 9.90 Å². The standard InChI is InChI=1S/C13H25N5O2/c1-4-5-17(10-13(20)16(2)3)8-12(19)9-18-7-11(14)6-15-18/h6-7,12,19H,4-5,8-10,14H2,1-3H3. The quantitative estimate of drug-likeness (QED) is 0.679. The van der Waals surface area contributed by atoms with Crippen LogP contribution in [0.2, 0.25) is 0 Å². The highest BCUT2D eigenvalue weighted by molar-refractivity contribution is 5.77. The van der Waals surface area contributed by atoms with E-state index in [0.717, 1.165) is 13.0 Å². The highest BCUT2D eigenvalue weighted by atomic mass is 16.3. The molecule has 1 atom stereocenters. The molecule has 0 aliphatic rings. The van der Waals surface area contributed by atoms with Crippen LogP contribution in [-0.4, -0.2) is 70.4 Å². The monoisotopic (exact) mass is 283 g/mol. The minimum Gasteiger partial charge on any atom is -0.396 e. The Morgan fingerprint density at radius 3 is 2.75 bits per heavy atom. The van der Waals surface area contributed by atoms with Crippen LogP contribution in [0.3, 0.4) is 0 Å². The van der Waals surface area contributed by atoms with Crippen molar-refractivity contribution in [1.29, 1.82) is 0 Å². The maximum absolute atomic E-state index is 11.7. The van der Waals surface area contributed by atoms with E-state index in [4.69, 9.17) is 5.73 Å². The summed E-state index contributed by atoms with van der Waals surface area (Å²) < 4.78 is 1.61. The van der Waals surface area contributed by atoms with Gasteiger partial charge in [0.2, 0.25) is 5.91 Å². The number of likely N-dealkylation sites (N-methyl/N-ethyl adjacent to an activating group) is 1. The molecule has 3 N–H and O–H groups in total. The summed E-state index contributed by atoms with van der Waals surface area (Å²) >= 11 is 0. The summed E-state index contributed by atoms with van der Waals surface area (Å²) in [6, 6.07) is 0. The van der Waals surface area contributed by atoms with Gasteiger partial charge in [0.15, 0.2) is 0 Å². The Morgan fingerprint density at radius 1 is 1.55 bits per heavy atom. The van der Waals surface area contributed by atoms with Gasteiger partial charge in [-0.05, 0) is 13.0 Å². The molecule has 114 valence electrons. The van der Waals surface area contributed by atoms with E-state index in [1.165, 1.54) is 0 Å². The Hall–Kier alpha value is -1.60. The van der Waals surface area contributed by atoms with Crippen LogP contribution in [0.25, 0.3) is 0 Å². The van der Waals surface area contributed by atoms with Crippen LogP contribution in [0.15, 0.2) is 12.4 Å². The first-order valence-electron chi connectivity index (χ1n) is 6.80. The van der Waals surface area contributed by atoms with Crippen molar-refractivity contribution in [2.24, 2.45) is 0 Å². The molecule has 1 unspecified atom stereocenters. The van der Waals surface area contributed by atoms with Crippen LogP contribution < -0.4 is 5.73 Å². The molecule has 7 heteroatoms. The fourth-order valence-electron chi connectivity index (χ4n) is 1.93.